The third kappa shape index (κ3) is 5.65. The van der Waals surface area contributed by atoms with Crippen LogP contribution in [-0.2, 0) is 15.8 Å². The summed E-state index contributed by atoms with van der Waals surface area (Å²) in [7, 11) is 0. The lowest BCUT2D eigenvalue weighted by Crippen LogP contribution is -2.51. The molecule has 5 aromatic rings. The molecule has 47 heavy (non-hydrogen) atoms. The molecule has 0 bridgehead atoms. The number of aromatic nitrogens is 4. The predicted octanol–water partition coefficient (Wildman–Crippen LogP) is 4.28. The summed E-state index contributed by atoms with van der Waals surface area (Å²) in [5.74, 6) is -2.31. The second-order valence-electron chi connectivity index (χ2n) is 11.1. The van der Waals surface area contributed by atoms with Crippen LogP contribution in [0.4, 0.5) is 29.2 Å². The van der Waals surface area contributed by atoms with E-state index in [2.05, 4.69) is 30.6 Å². The number of amides is 2. The Morgan fingerprint density at radius 3 is 2.40 bits per heavy atom. The summed E-state index contributed by atoms with van der Waals surface area (Å²) >= 11 is 0. The van der Waals surface area contributed by atoms with E-state index in [1.807, 2.05) is 0 Å². The number of nitrogens with two attached hydrogens (primary N) is 1. The molecule has 6 rings (SSSR count). The van der Waals surface area contributed by atoms with Crippen molar-refractivity contribution < 1.29 is 37.0 Å². The third-order valence-corrected chi connectivity index (χ3v) is 7.91. The number of fused-ring (bicyclic) bond motifs is 2. The zero-order chi connectivity index (χ0) is 33.6. The van der Waals surface area contributed by atoms with Gasteiger partial charge >= 0.3 is 6.18 Å². The van der Waals surface area contributed by atoms with Crippen molar-refractivity contribution in [1.29, 1.82) is 0 Å². The number of hydrogen-bond donors (Lipinski definition) is 4. The summed E-state index contributed by atoms with van der Waals surface area (Å²) in [6.07, 6.45) is -0.867. The summed E-state index contributed by atoms with van der Waals surface area (Å²) in [6.45, 7) is -0.290. The third-order valence-electron chi connectivity index (χ3n) is 7.91. The molecule has 0 radical (unpaired) electrons. The maximum absolute atomic E-state index is 14.8. The fourth-order valence-electron chi connectivity index (χ4n) is 5.15. The molecule has 1 aliphatic heterocycles. The first-order chi connectivity index (χ1) is 22.3. The fraction of sp³-hybridized carbons (Fsp3) is 0.188. The van der Waals surface area contributed by atoms with Gasteiger partial charge in [-0.3, -0.25) is 14.6 Å². The average Bonchev–Trinajstić information content (AvgIpc) is 3.41. The van der Waals surface area contributed by atoms with Gasteiger partial charge in [-0.1, -0.05) is 6.07 Å². The lowest BCUT2D eigenvalue weighted by molar-refractivity contribution is -0.265. The molecule has 0 fully saturated rings. The molecule has 240 valence electrons. The minimum atomic E-state index is -5.38. The number of anilines is 2. The highest BCUT2D eigenvalue weighted by atomic mass is 19.4. The molecule has 11 nitrogen and oxygen atoms in total. The van der Waals surface area contributed by atoms with Gasteiger partial charge in [0.05, 0.1) is 23.4 Å². The summed E-state index contributed by atoms with van der Waals surface area (Å²) in [6, 6.07) is 13.2. The lowest BCUT2D eigenvalue weighted by atomic mass is 9.81. The monoisotopic (exact) mass is 647 g/mol. The number of benzene rings is 2. The molecule has 0 saturated heterocycles. The summed E-state index contributed by atoms with van der Waals surface area (Å²) in [5.41, 5.74) is -0.0536. The topological polar surface area (TPSA) is 165 Å². The molecular weight excluding hydrogens is 622 g/mol. The Morgan fingerprint density at radius 1 is 1.02 bits per heavy atom. The van der Waals surface area contributed by atoms with E-state index in [1.54, 1.807) is 18.2 Å². The van der Waals surface area contributed by atoms with E-state index in [-0.39, 0.29) is 40.7 Å². The molecule has 0 saturated carbocycles. The van der Waals surface area contributed by atoms with Gasteiger partial charge < -0.3 is 26.2 Å². The first-order valence-corrected chi connectivity index (χ1v) is 14.0. The van der Waals surface area contributed by atoms with Gasteiger partial charge in [-0.15, -0.1) is 0 Å². The standard InChI is InChI=1S/C32H25F4N7O4/c1-30(28(37)45)16-47-26-21(30)14-23(43-25(26)17-5-7-20(33)8-6-17)31(46,32(34,35)36)15-41-27(44)19-12-18-4-2-9-38-24(18)22(13-19)42-29-39-10-3-11-40-29/h2-14,46H,15-16H2,1H3,(H2,37,45)(H,41,44)(H,39,40,42)/t30-,31?/m0/s1. The molecule has 1 unspecified atom stereocenters. The largest absolute Gasteiger partial charge is 0.489 e. The summed E-state index contributed by atoms with van der Waals surface area (Å²) < 4.78 is 63.8. The SMILES string of the molecule is C[C@]1(C(N)=O)COc2c1cc(C(O)(CNC(=O)c1cc(Nc3ncccn3)c3ncccc3c1)C(F)(F)F)nc2-c1ccc(F)cc1. The van der Waals surface area contributed by atoms with E-state index in [9.17, 15) is 32.3 Å². The average molecular weight is 648 g/mol. The van der Waals surface area contributed by atoms with Crippen LogP contribution in [0.15, 0.2) is 79.3 Å². The second-order valence-corrected chi connectivity index (χ2v) is 11.1. The minimum absolute atomic E-state index is 0.0394. The number of nitrogens with zero attached hydrogens (tertiary/aromatic N) is 4. The minimum Gasteiger partial charge on any atom is -0.489 e. The summed E-state index contributed by atoms with van der Waals surface area (Å²) in [4.78, 5) is 42.5. The number of ether oxygens (including phenoxy) is 1. The van der Waals surface area contributed by atoms with Crippen LogP contribution in [0.2, 0.25) is 0 Å². The van der Waals surface area contributed by atoms with E-state index in [1.165, 1.54) is 49.8 Å². The zero-order valence-corrected chi connectivity index (χ0v) is 24.5. The number of alkyl halides is 3. The first kappa shape index (κ1) is 31.3. The van der Waals surface area contributed by atoms with Crippen LogP contribution in [0.25, 0.3) is 22.2 Å². The van der Waals surface area contributed by atoms with Crippen molar-refractivity contribution in [2.75, 3.05) is 18.5 Å². The van der Waals surface area contributed by atoms with Gasteiger partial charge in [-0.05, 0) is 61.5 Å². The van der Waals surface area contributed by atoms with Crippen molar-refractivity contribution in [1.82, 2.24) is 25.3 Å². The lowest BCUT2D eigenvalue weighted by Gasteiger charge is -2.31. The van der Waals surface area contributed by atoms with Crippen molar-refractivity contribution in [2.24, 2.45) is 5.73 Å². The van der Waals surface area contributed by atoms with Gasteiger partial charge in [0.2, 0.25) is 17.5 Å². The highest BCUT2D eigenvalue weighted by Crippen LogP contribution is 2.47. The predicted molar refractivity (Wildman–Crippen MR) is 161 cm³/mol. The van der Waals surface area contributed by atoms with Crippen molar-refractivity contribution in [3.05, 3.63) is 102 Å². The maximum Gasteiger partial charge on any atom is 0.424 e. The molecule has 0 spiro atoms. The van der Waals surface area contributed by atoms with Crippen LogP contribution in [-0.4, -0.2) is 56.2 Å². The quantitative estimate of drug-likeness (QED) is 0.180. The van der Waals surface area contributed by atoms with Crippen LogP contribution in [0.1, 0.15) is 28.5 Å². The van der Waals surface area contributed by atoms with E-state index in [4.69, 9.17) is 10.5 Å². The number of pyridine rings is 2. The Labute approximate surface area is 263 Å². The Balaban J connectivity index is 1.40. The smallest absolute Gasteiger partial charge is 0.424 e. The van der Waals surface area contributed by atoms with Gasteiger partial charge in [0.25, 0.3) is 5.91 Å². The Kier molecular flexibility index (Phi) is 7.71. The van der Waals surface area contributed by atoms with Crippen LogP contribution in [0, 0.1) is 5.82 Å². The molecule has 2 amide bonds. The number of aliphatic hydroxyl groups is 1. The Bertz CT molecular complexity index is 2010. The number of primary amides is 1. The number of halogens is 4. The second kappa shape index (κ2) is 11.6. The molecule has 5 N–H and O–H groups in total. The van der Waals surface area contributed by atoms with E-state index in [0.29, 0.717) is 16.6 Å². The van der Waals surface area contributed by atoms with E-state index < -0.39 is 47.1 Å². The van der Waals surface area contributed by atoms with Crippen molar-refractivity contribution in [2.45, 2.75) is 24.1 Å². The van der Waals surface area contributed by atoms with Gasteiger partial charge in [0.1, 0.15) is 29.3 Å². The molecule has 1 aliphatic rings. The number of rotatable bonds is 8. The van der Waals surface area contributed by atoms with Crippen molar-refractivity contribution in [3.63, 3.8) is 0 Å². The highest BCUT2D eigenvalue weighted by Gasteiger charge is 2.57. The Hall–Kier alpha value is -5.70. The number of carbonyl (C=O) groups excluding carboxylic acids is 2. The van der Waals surface area contributed by atoms with Crippen LogP contribution < -0.4 is 21.1 Å². The molecular formula is C32H25F4N7O4. The van der Waals surface area contributed by atoms with E-state index >= 15 is 0 Å². The fourth-order valence-corrected chi connectivity index (χ4v) is 5.15. The molecule has 15 heteroatoms. The zero-order valence-electron chi connectivity index (χ0n) is 24.5. The first-order valence-electron chi connectivity index (χ1n) is 14.0. The van der Waals surface area contributed by atoms with Crippen LogP contribution in [0.3, 0.4) is 0 Å². The molecule has 3 aromatic heterocycles. The van der Waals surface area contributed by atoms with Gasteiger partial charge in [-0.25, -0.2) is 19.3 Å². The highest BCUT2D eigenvalue weighted by molar-refractivity contribution is 6.02. The van der Waals surface area contributed by atoms with Gasteiger partial charge in [0.15, 0.2) is 0 Å². The number of carbonyl (C=O) groups is 2. The molecule has 0 aliphatic carbocycles. The van der Waals surface area contributed by atoms with Gasteiger partial charge in [-0.2, -0.15) is 13.2 Å². The Morgan fingerprint density at radius 2 is 1.72 bits per heavy atom. The van der Waals surface area contributed by atoms with Crippen LogP contribution in [0.5, 0.6) is 5.75 Å². The number of hydrogen-bond acceptors (Lipinski definition) is 9. The molecule has 2 atom stereocenters. The molecule has 2 aromatic carbocycles. The van der Waals surface area contributed by atoms with Crippen molar-refractivity contribution >= 4 is 34.4 Å². The maximum atomic E-state index is 14.8. The number of nitrogens with one attached hydrogen (secondary N) is 2. The van der Waals surface area contributed by atoms with Crippen LogP contribution >= 0.6 is 0 Å². The van der Waals surface area contributed by atoms with Gasteiger partial charge in [0, 0.05) is 40.7 Å². The summed E-state index contributed by atoms with van der Waals surface area (Å²) in [5, 5.41) is 17.0. The van der Waals surface area contributed by atoms with Crippen molar-refractivity contribution in [3.8, 4) is 17.0 Å². The van der Waals surface area contributed by atoms with E-state index in [0.717, 1.165) is 18.2 Å². The molecule has 4 heterocycles. The normalized spacial score (nSPS) is 17.0.